The molecule has 0 saturated heterocycles. The van der Waals surface area contributed by atoms with Crippen LogP contribution >= 0.6 is 8.07 Å². The first-order valence-corrected chi connectivity index (χ1v) is 7.17. The highest BCUT2D eigenvalue weighted by Crippen LogP contribution is 2.36. The largest absolute Gasteiger partial charge is 0.266 e. The van der Waals surface area contributed by atoms with Gasteiger partial charge in [-0.3, -0.25) is 4.67 Å². The van der Waals surface area contributed by atoms with Gasteiger partial charge in [-0.05, 0) is 17.7 Å². The Hall–Kier alpha value is -1.61. The summed E-state index contributed by atoms with van der Waals surface area (Å²) in [5.41, 5.74) is 0. The van der Waals surface area contributed by atoms with E-state index in [2.05, 4.69) is 66.2 Å². The molecule has 0 amide bonds. The van der Waals surface area contributed by atoms with Crippen LogP contribution in [0, 0.1) is 12.3 Å². The number of nitrogens with zero attached hydrogens (tertiary/aromatic N) is 1. The molecule has 0 atom stereocenters. The predicted octanol–water partition coefficient (Wildman–Crippen LogP) is 2.60. The average Bonchev–Trinajstić information content (AvgIpc) is 2.42. The van der Waals surface area contributed by atoms with Gasteiger partial charge < -0.3 is 0 Å². The lowest BCUT2D eigenvalue weighted by Crippen LogP contribution is -2.25. The van der Waals surface area contributed by atoms with E-state index in [0.29, 0.717) is 6.54 Å². The Morgan fingerprint density at radius 1 is 0.944 bits per heavy atom. The van der Waals surface area contributed by atoms with Crippen molar-refractivity contribution in [3.63, 3.8) is 0 Å². The summed E-state index contributed by atoms with van der Waals surface area (Å²) in [7, 11) is 1.56. The minimum absolute atomic E-state index is 0.527. The summed E-state index contributed by atoms with van der Waals surface area (Å²) >= 11 is 0. The van der Waals surface area contributed by atoms with E-state index in [-0.39, 0.29) is 0 Å². The topological polar surface area (TPSA) is 3.24 Å². The number of rotatable bonds is 4. The van der Waals surface area contributed by atoms with Gasteiger partial charge in [0.05, 0.1) is 6.54 Å². The molecule has 0 radical (unpaired) electrons. The number of hydrogen-bond donors (Lipinski definition) is 0. The monoisotopic (exact) mass is 253 g/mol. The quantitative estimate of drug-likeness (QED) is 0.598. The van der Waals surface area contributed by atoms with Crippen LogP contribution in [0.4, 0.5) is 0 Å². The van der Waals surface area contributed by atoms with E-state index in [0.717, 1.165) is 0 Å². The Morgan fingerprint density at radius 2 is 1.39 bits per heavy atom. The summed E-state index contributed by atoms with van der Waals surface area (Å²) in [5, 5.41) is 2.66. The predicted molar refractivity (Wildman–Crippen MR) is 80.5 cm³/mol. The fourth-order valence-corrected chi connectivity index (χ4v) is 4.10. The Morgan fingerprint density at radius 3 is 1.78 bits per heavy atom. The van der Waals surface area contributed by atoms with Gasteiger partial charge in [-0.2, -0.15) is 0 Å². The van der Waals surface area contributed by atoms with Gasteiger partial charge in [0.25, 0.3) is 0 Å². The minimum atomic E-state index is -0.527. The van der Waals surface area contributed by atoms with Gasteiger partial charge in [0.1, 0.15) is 0 Å². The van der Waals surface area contributed by atoms with Crippen LogP contribution in [0.5, 0.6) is 0 Å². The van der Waals surface area contributed by atoms with E-state index in [1.165, 1.54) is 10.6 Å². The van der Waals surface area contributed by atoms with Crippen LogP contribution in [0.2, 0.25) is 0 Å². The third-order valence-electron chi connectivity index (χ3n) is 2.66. The van der Waals surface area contributed by atoms with E-state index in [1.54, 1.807) is 0 Å². The van der Waals surface area contributed by atoms with Gasteiger partial charge in [-0.1, -0.05) is 66.6 Å². The highest BCUT2D eigenvalue weighted by molar-refractivity contribution is 7.70. The van der Waals surface area contributed by atoms with E-state index < -0.39 is 8.07 Å². The minimum Gasteiger partial charge on any atom is -0.266 e. The maximum Gasteiger partial charge on any atom is 0.0637 e. The first-order valence-electron chi connectivity index (χ1n) is 5.87. The highest BCUT2D eigenvalue weighted by atomic mass is 31.1. The smallest absolute Gasteiger partial charge is 0.0637 e. The number of hydrogen-bond acceptors (Lipinski definition) is 1. The molecule has 0 aromatic heterocycles. The molecule has 0 spiro atoms. The normalized spacial score (nSPS) is 10.6. The van der Waals surface area contributed by atoms with Crippen LogP contribution in [-0.2, 0) is 0 Å². The molecule has 2 aromatic carbocycles. The maximum atomic E-state index is 5.44. The van der Waals surface area contributed by atoms with Gasteiger partial charge in [0.15, 0.2) is 0 Å². The van der Waals surface area contributed by atoms with E-state index in [4.69, 9.17) is 6.42 Å². The summed E-state index contributed by atoms with van der Waals surface area (Å²) in [4.78, 5) is 0. The molecule has 2 rings (SSSR count). The third-order valence-corrected chi connectivity index (χ3v) is 5.06. The Kier molecular flexibility index (Phi) is 4.53. The van der Waals surface area contributed by atoms with E-state index in [9.17, 15) is 0 Å². The first-order chi connectivity index (χ1) is 8.83. The molecule has 0 unspecified atom stereocenters. The van der Waals surface area contributed by atoms with Crippen molar-refractivity contribution in [2.24, 2.45) is 0 Å². The zero-order valence-electron chi connectivity index (χ0n) is 10.5. The second-order valence-corrected chi connectivity index (χ2v) is 6.34. The third kappa shape index (κ3) is 2.99. The van der Waals surface area contributed by atoms with Crippen LogP contribution in [0.25, 0.3) is 0 Å². The Labute approximate surface area is 110 Å². The van der Waals surface area contributed by atoms with E-state index >= 15 is 0 Å². The van der Waals surface area contributed by atoms with Crippen molar-refractivity contribution >= 4 is 18.7 Å². The van der Waals surface area contributed by atoms with Crippen molar-refractivity contribution in [1.29, 1.82) is 0 Å². The standard InChI is InChI=1S/C16H16NP/c1-3-14-17(2)18(15-10-6-4-7-11-15)16-12-8-5-9-13-16/h1,4-13H,14H2,2H3. The first kappa shape index (κ1) is 12.8. The van der Waals surface area contributed by atoms with Crippen LogP contribution in [-0.4, -0.2) is 18.3 Å². The molecule has 0 aliphatic heterocycles. The molecule has 0 saturated carbocycles. The molecule has 0 fully saturated rings. The molecular formula is C16H16NP. The van der Waals surface area contributed by atoms with E-state index in [1.807, 2.05) is 12.1 Å². The zero-order chi connectivity index (χ0) is 12.8. The Balaban J connectivity index is 2.39. The lowest BCUT2D eigenvalue weighted by atomic mass is 10.4. The molecule has 2 aromatic rings. The summed E-state index contributed by atoms with van der Waals surface area (Å²) in [6.45, 7) is 0.662. The van der Waals surface area contributed by atoms with Gasteiger partial charge in [0, 0.05) is 8.07 Å². The molecule has 0 bridgehead atoms. The van der Waals surface area contributed by atoms with Crippen molar-refractivity contribution in [1.82, 2.24) is 4.67 Å². The average molecular weight is 253 g/mol. The van der Waals surface area contributed by atoms with Crippen molar-refractivity contribution in [3.8, 4) is 12.3 Å². The molecule has 0 N–H and O–H groups in total. The van der Waals surface area contributed by atoms with Crippen molar-refractivity contribution in [2.75, 3.05) is 13.6 Å². The van der Waals surface area contributed by atoms with Gasteiger partial charge in [-0.25, -0.2) is 0 Å². The summed E-state index contributed by atoms with van der Waals surface area (Å²) in [5.74, 6) is 2.73. The molecule has 2 heteroatoms. The van der Waals surface area contributed by atoms with Crippen LogP contribution < -0.4 is 10.6 Å². The summed E-state index contributed by atoms with van der Waals surface area (Å²) in [6, 6.07) is 21.1. The lowest BCUT2D eigenvalue weighted by Gasteiger charge is -2.27. The molecule has 0 aliphatic rings. The second-order valence-electron chi connectivity index (χ2n) is 4.00. The molecule has 0 aliphatic carbocycles. The summed E-state index contributed by atoms with van der Waals surface area (Å²) < 4.78 is 2.25. The maximum absolute atomic E-state index is 5.44. The highest BCUT2D eigenvalue weighted by Gasteiger charge is 2.17. The molecule has 90 valence electrons. The Bertz CT molecular complexity index is 476. The SMILES string of the molecule is C#CCN(C)P(c1ccccc1)c1ccccc1. The van der Waals surface area contributed by atoms with Gasteiger partial charge >= 0.3 is 0 Å². The van der Waals surface area contributed by atoms with Crippen molar-refractivity contribution in [2.45, 2.75) is 0 Å². The molecule has 18 heavy (non-hydrogen) atoms. The van der Waals surface area contributed by atoms with Crippen molar-refractivity contribution < 1.29 is 0 Å². The fraction of sp³-hybridized carbons (Fsp3) is 0.125. The van der Waals surface area contributed by atoms with Crippen LogP contribution in [0.15, 0.2) is 60.7 Å². The number of terminal acetylenes is 1. The van der Waals surface area contributed by atoms with Crippen LogP contribution in [0.1, 0.15) is 0 Å². The molecular weight excluding hydrogens is 237 g/mol. The second kappa shape index (κ2) is 6.36. The van der Waals surface area contributed by atoms with Gasteiger partial charge in [-0.15, -0.1) is 6.42 Å². The zero-order valence-corrected chi connectivity index (χ0v) is 11.3. The summed E-state index contributed by atoms with van der Waals surface area (Å²) in [6.07, 6.45) is 5.44. The molecule has 0 heterocycles. The number of benzene rings is 2. The van der Waals surface area contributed by atoms with Crippen LogP contribution in [0.3, 0.4) is 0 Å². The van der Waals surface area contributed by atoms with Crippen molar-refractivity contribution in [3.05, 3.63) is 60.7 Å². The molecule has 1 nitrogen and oxygen atoms in total. The van der Waals surface area contributed by atoms with Gasteiger partial charge in [0.2, 0.25) is 0 Å². The lowest BCUT2D eigenvalue weighted by molar-refractivity contribution is 0.634. The fourth-order valence-electron chi connectivity index (χ4n) is 1.88.